The second-order valence-electron chi connectivity index (χ2n) is 8.09. The smallest absolute Gasteiger partial charge is 0.271 e. The molecule has 5 aromatic rings. The fraction of sp³-hybridized carbons (Fsp3) is 0.125. The maximum absolute atomic E-state index is 14.4. The average molecular weight is 423 g/mol. The lowest BCUT2D eigenvalue weighted by molar-refractivity contribution is 0.624. The van der Waals surface area contributed by atoms with E-state index in [1.807, 2.05) is 12.1 Å². The van der Waals surface area contributed by atoms with Crippen LogP contribution in [-0.4, -0.2) is 29.8 Å². The predicted molar refractivity (Wildman–Crippen MR) is 119 cm³/mol. The summed E-state index contributed by atoms with van der Waals surface area (Å²) in [6, 6.07) is 15.0. The van der Waals surface area contributed by atoms with E-state index in [-0.39, 0.29) is 16.7 Å². The summed E-state index contributed by atoms with van der Waals surface area (Å²) in [5.74, 6) is 0.687. The number of fused-ring (bicyclic) bond motifs is 2. The van der Waals surface area contributed by atoms with Gasteiger partial charge in [-0.2, -0.15) is 9.61 Å². The molecule has 8 heteroatoms. The zero-order valence-electron chi connectivity index (χ0n) is 17.0. The summed E-state index contributed by atoms with van der Waals surface area (Å²) in [4.78, 5) is 8.81. The summed E-state index contributed by atoms with van der Waals surface area (Å²) in [6.07, 6.45) is 5.23. The van der Waals surface area contributed by atoms with Crippen LogP contribution in [0, 0.1) is 5.82 Å². The average Bonchev–Trinajstić information content (AvgIpc) is 3.50. The van der Waals surface area contributed by atoms with Gasteiger partial charge in [0.25, 0.3) is 5.78 Å². The molecule has 2 aromatic carbocycles. The molecule has 32 heavy (non-hydrogen) atoms. The van der Waals surface area contributed by atoms with Crippen molar-refractivity contribution in [1.29, 1.82) is 0 Å². The Hall–Kier alpha value is -4.20. The van der Waals surface area contributed by atoms with Crippen LogP contribution in [0.25, 0.3) is 33.6 Å². The number of benzene rings is 2. The number of hydrogen-bond acceptors (Lipinski definition) is 6. The molecule has 1 aliphatic rings. The minimum absolute atomic E-state index is 0.179. The van der Waals surface area contributed by atoms with Gasteiger partial charge < -0.3 is 5.73 Å². The second kappa shape index (κ2) is 6.65. The number of hydrogen-bond donors (Lipinski definition) is 1. The van der Waals surface area contributed by atoms with Crippen LogP contribution in [0.4, 0.5) is 4.39 Å². The fourth-order valence-corrected chi connectivity index (χ4v) is 4.20. The predicted octanol–water partition coefficient (Wildman–Crippen LogP) is 3.88. The number of aromatic nitrogens is 6. The molecule has 0 aliphatic heterocycles. The summed E-state index contributed by atoms with van der Waals surface area (Å²) in [5.41, 5.74) is 9.02. The standard InChI is InChI=1S/C24H18FN7/c1-14(26)18-6-4-16(12-19(18)25)21-13-28-23-30-29-22(32(23)31-21)24(8-9-24)17-5-7-20-15(11-17)3-2-10-27-20/h2-7,10-13H,1,8-9,26H2. The molecule has 0 spiro atoms. The van der Waals surface area contributed by atoms with Crippen LogP contribution in [0.1, 0.15) is 29.8 Å². The van der Waals surface area contributed by atoms with E-state index < -0.39 is 5.82 Å². The summed E-state index contributed by atoms with van der Waals surface area (Å²) in [7, 11) is 0. The molecular formula is C24H18FN7. The van der Waals surface area contributed by atoms with Gasteiger partial charge in [-0.3, -0.25) is 4.98 Å². The van der Waals surface area contributed by atoms with E-state index in [1.165, 1.54) is 6.07 Å². The van der Waals surface area contributed by atoms with Gasteiger partial charge in [-0.15, -0.1) is 10.2 Å². The van der Waals surface area contributed by atoms with Crippen LogP contribution in [0.5, 0.6) is 0 Å². The van der Waals surface area contributed by atoms with Crippen LogP contribution >= 0.6 is 0 Å². The molecule has 1 fully saturated rings. The monoisotopic (exact) mass is 423 g/mol. The van der Waals surface area contributed by atoms with Crippen LogP contribution in [-0.2, 0) is 5.41 Å². The highest BCUT2D eigenvalue weighted by Crippen LogP contribution is 2.53. The van der Waals surface area contributed by atoms with Gasteiger partial charge >= 0.3 is 0 Å². The summed E-state index contributed by atoms with van der Waals surface area (Å²) >= 11 is 0. The van der Waals surface area contributed by atoms with Gasteiger partial charge in [0.1, 0.15) is 11.5 Å². The maximum atomic E-state index is 14.4. The number of rotatable bonds is 4. The van der Waals surface area contributed by atoms with Crippen molar-refractivity contribution in [2.75, 3.05) is 0 Å². The normalized spacial score (nSPS) is 14.7. The SMILES string of the molecule is C=C(N)c1ccc(-c2cnc3nnc(C4(c5ccc6ncccc6c5)CC4)n3n2)cc1F. The van der Waals surface area contributed by atoms with Gasteiger partial charge in [0.15, 0.2) is 5.82 Å². The number of nitrogens with zero attached hydrogens (tertiary/aromatic N) is 6. The minimum atomic E-state index is -0.454. The molecule has 0 amide bonds. The van der Waals surface area contributed by atoms with Crippen molar-refractivity contribution < 1.29 is 4.39 Å². The van der Waals surface area contributed by atoms with Crippen molar-refractivity contribution in [3.63, 3.8) is 0 Å². The third-order valence-electron chi connectivity index (χ3n) is 6.08. The molecule has 1 saturated carbocycles. The first-order valence-corrected chi connectivity index (χ1v) is 10.2. The summed E-state index contributed by atoms with van der Waals surface area (Å²) in [5, 5.41) is 14.5. The molecule has 6 rings (SSSR count). The largest absolute Gasteiger partial charge is 0.399 e. The number of pyridine rings is 1. The van der Waals surface area contributed by atoms with Gasteiger partial charge in [0.05, 0.1) is 17.1 Å². The van der Waals surface area contributed by atoms with Crippen molar-refractivity contribution in [2.24, 2.45) is 5.73 Å². The second-order valence-corrected chi connectivity index (χ2v) is 8.09. The molecule has 0 radical (unpaired) electrons. The third kappa shape index (κ3) is 2.76. The van der Waals surface area contributed by atoms with Crippen molar-refractivity contribution in [3.8, 4) is 11.3 Å². The van der Waals surface area contributed by atoms with E-state index in [9.17, 15) is 4.39 Å². The molecule has 156 valence electrons. The van der Waals surface area contributed by atoms with Crippen molar-refractivity contribution in [1.82, 2.24) is 29.8 Å². The lowest BCUT2D eigenvalue weighted by atomic mass is 9.94. The molecule has 1 aliphatic carbocycles. The van der Waals surface area contributed by atoms with Gasteiger partial charge in [-0.05, 0) is 48.7 Å². The molecule has 2 N–H and O–H groups in total. The molecule has 0 atom stereocenters. The molecular weight excluding hydrogens is 405 g/mol. The highest BCUT2D eigenvalue weighted by Gasteiger charge is 2.50. The Morgan fingerprint density at radius 3 is 2.72 bits per heavy atom. The highest BCUT2D eigenvalue weighted by molar-refractivity contribution is 5.79. The van der Waals surface area contributed by atoms with E-state index in [2.05, 4.69) is 44.9 Å². The minimum Gasteiger partial charge on any atom is -0.399 e. The zero-order valence-corrected chi connectivity index (χ0v) is 17.0. The van der Waals surface area contributed by atoms with E-state index in [0.717, 1.165) is 35.1 Å². The Labute approximate surface area is 182 Å². The molecule has 0 bridgehead atoms. The summed E-state index contributed by atoms with van der Waals surface area (Å²) < 4.78 is 16.1. The van der Waals surface area contributed by atoms with E-state index in [0.29, 0.717) is 17.0 Å². The number of halogens is 1. The molecule has 0 saturated heterocycles. The molecule has 0 unspecified atom stereocenters. The first-order chi connectivity index (χ1) is 15.5. The first kappa shape index (κ1) is 18.6. The van der Waals surface area contributed by atoms with Crippen LogP contribution in [0.15, 0.2) is 67.5 Å². The highest BCUT2D eigenvalue weighted by atomic mass is 19.1. The topological polar surface area (TPSA) is 94.9 Å². The van der Waals surface area contributed by atoms with Crippen molar-refractivity contribution >= 4 is 22.4 Å². The Morgan fingerprint density at radius 2 is 1.94 bits per heavy atom. The fourth-order valence-electron chi connectivity index (χ4n) is 4.20. The Morgan fingerprint density at radius 1 is 1.06 bits per heavy atom. The Balaban J connectivity index is 1.46. The molecule has 7 nitrogen and oxygen atoms in total. The zero-order chi connectivity index (χ0) is 21.9. The van der Waals surface area contributed by atoms with Crippen LogP contribution < -0.4 is 5.73 Å². The van der Waals surface area contributed by atoms with Gasteiger partial charge in [-0.25, -0.2) is 9.37 Å². The van der Waals surface area contributed by atoms with Crippen molar-refractivity contribution in [3.05, 3.63) is 90.3 Å². The summed E-state index contributed by atoms with van der Waals surface area (Å²) in [6.45, 7) is 3.60. The third-order valence-corrected chi connectivity index (χ3v) is 6.08. The van der Waals surface area contributed by atoms with Crippen LogP contribution in [0.2, 0.25) is 0 Å². The van der Waals surface area contributed by atoms with Crippen molar-refractivity contribution in [2.45, 2.75) is 18.3 Å². The molecule has 3 heterocycles. The van der Waals surface area contributed by atoms with Gasteiger partial charge in [0.2, 0.25) is 0 Å². The molecule has 3 aromatic heterocycles. The number of nitrogens with two attached hydrogens (primary N) is 1. The quantitative estimate of drug-likeness (QED) is 0.471. The lowest BCUT2D eigenvalue weighted by Gasteiger charge is -2.14. The lowest BCUT2D eigenvalue weighted by Crippen LogP contribution is -2.15. The van der Waals surface area contributed by atoms with E-state index in [1.54, 1.807) is 29.0 Å². The van der Waals surface area contributed by atoms with E-state index >= 15 is 0 Å². The first-order valence-electron chi connectivity index (χ1n) is 10.2. The Bertz CT molecular complexity index is 1530. The van der Waals surface area contributed by atoms with Gasteiger partial charge in [-0.1, -0.05) is 24.8 Å². The van der Waals surface area contributed by atoms with Gasteiger partial charge in [0, 0.05) is 28.4 Å². The maximum Gasteiger partial charge on any atom is 0.271 e. The van der Waals surface area contributed by atoms with E-state index in [4.69, 9.17) is 10.8 Å². The Kier molecular flexibility index (Phi) is 3.86. The van der Waals surface area contributed by atoms with Crippen LogP contribution in [0.3, 0.4) is 0 Å².